The molecule has 0 spiro atoms. The van der Waals surface area contributed by atoms with Gasteiger partial charge in [0.05, 0.1) is 16.7 Å². The van der Waals surface area contributed by atoms with Crippen molar-refractivity contribution in [3.05, 3.63) is 182 Å². The number of hydrogen-bond donors (Lipinski definition) is 0. The second-order valence-corrected chi connectivity index (χ2v) is 15.2. The lowest BCUT2D eigenvalue weighted by atomic mass is 10.0. The minimum Gasteiger partial charge on any atom is -0.456 e. The van der Waals surface area contributed by atoms with Crippen LogP contribution in [-0.2, 0) is 0 Å². The monoisotopic (exact) mass is 754 g/mol. The van der Waals surface area contributed by atoms with Crippen LogP contribution in [0.5, 0.6) is 0 Å². The fourth-order valence-corrected chi connectivity index (χ4v) is 9.08. The molecule has 13 rings (SSSR count). The maximum absolute atomic E-state index is 6.87. The number of furan rings is 2. The number of aromatic nitrogens is 4. The molecular weight excluding hydrogens is 725 g/mol. The Bertz CT molecular complexity index is 3860. The summed E-state index contributed by atoms with van der Waals surface area (Å²) in [7, 11) is 0. The summed E-state index contributed by atoms with van der Waals surface area (Å²) in [6.45, 7) is 0. The molecule has 0 amide bonds. The van der Waals surface area contributed by atoms with Crippen molar-refractivity contribution in [1.29, 1.82) is 0 Å². The second kappa shape index (κ2) is 12.2. The van der Waals surface area contributed by atoms with Crippen molar-refractivity contribution in [1.82, 2.24) is 19.5 Å². The Morgan fingerprint density at radius 1 is 0.322 bits per heavy atom. The van der Waals surface area contributed by atoms with E-state index in [2.05, 4.69) is 126 Å². The number of rotatable bonds is 4. The lowest BCUT2D eigenvalue weighted by Crippen LogP contribution is -2.00. The fourth-order valence-electron chi connectivity index (χ4n) is 9.08. The molecule has 0 saturated carbocycles. The van der Waals surface area contributed by atoms with Gasteiger partial charge < -0.3 is 13.4 Å². The van der Waals surface area contributed by atoms with Gasteiger partial charge in [-0.05, 0) is 70.8 Å². The molecule has 4 aromatic heterocycles. The summed E-state index contributed by atoms with van der Waals surface area (Å²) in [6.07, 6.45) is 0. The van der Waals surface area contributed by atoms with E-state index in [0.717, 1.165) is 88.1 Å². The summed E-state index contributed by atoms with van der Waals surface area (Å²) < 4.78 is 15.4. The first kappa shape index (κ1) is 32.0. The van der Waals surface area contributed by atoms with Crippen LogP contribution in [0.25, 0.3) is 127 Å². The third-order valence-corrected chi connectivity index (χ3v) is 11.8. The lowest BCUT2D eigenvalue weighted by molar-refractivity contribution is 0.668. The Balaban J connectivity index is 1.02. The van der Waals surface area contributed by atoms with Crippen LogP contribution in [0.4, 0.5) is 0 Å². The third kappa shape index (κ3) is 4.84. The molecule has 0 aliphatic rings. The van der Waals surface area contributed by atoms with Crippen LogP contribution >= 0.6 is 0 Å². The highest BCUT2D eigenvalue weighted by atomic mass is 16.3. The number of fused-ring (bicyclic) bond motifs is 12. The molecule has 13 aromatic rings. The molecule has 0 unspecified atom stereocenters. The molecule has 0 bridgehead atoms. The fraction of sp³-hybridized carbons (Fsp3) is 0. The average Bonchev–Trinajstić information content (AvgIpc) is 3.97. The van der Waals surface area contributed by atoms with Crippen LogP contribution in [0.3, 0.4) is 0 Å². The Morgan fingerprint density at radius 3 is 1.76 bits per heavy atom. The number of hydrogen-bond acceptors (Lipinski definition) is 5. The van der Waals surface area contributed by atoms with Crippen LogP contribution in [-0.4, -0.2) is 19.5 Å². The topological polar surface area (TPSA) is 69.9 Å². The zero-order valence-electron chi connectivity index (χ0n) is 31.4. The molecule has 0 radical (unpaired) electrons. The second-order valence-electron chi connectivity index (χ2n) is 15.2. The molecule has 0 aliphatic heterocycles. The van der Waals surface area contributed by atoms with Crippen molar-refractivity contribution >= 4 is 87.2 Å². The highest BCUT2D eigenvalue weighted by Crippen LogP contribution is 2.42. The van der Waals surface area contributed by atoms with Gasteiger partial charge in [-0.2, -0.15) is 0 Å². The zero-order valence-corrected chi connectivity index (χ0v) is 31.4. The summed E-state index contributed by atoms with van der Waals surface area (Å²) in [4.78, 5) is 15.2. The summed E-state index contributed by atoms with van der Waals surface area (Å²) in [5.41, 5.74) is 9.28. The Morgan fingerprint density at radius 2 is 0.932 bits per heavy atom. The number of benzene rings is 9. The van der Waals surface area contributed by atoms with Gasteiger partial charge in [-0.3, -0.25) is 0 Å². The number of nitrogens with zero attached hydrogens (tertiary/aromatic N) is 4. The summed E-state index contributed by atoms with van der Waals surface area (Å²) in [5.74, 6) is 1.75. The quantitative estimate of drug-likeness (QED) is 0.179. The van der Waals surface area contributed by atoms with Crippen molar-refractivity contribution in [3.63, 3.8) is 0 Å². The van der Waals surface area contributed by atoms with Gasteiger partial charge in [0.1, 0.15) is 22.3 Å². The van der Waals surface area contributed by atoms with E-state index in [1.54, 1.807) is 0 Å². The molecule has 0 saturated heterocycles. The predicted octanol–water partition coefficient (Wildman–Crippen LogP) is 14.1. The molecule has 0 fully saturated rings. The van der Waals surface area contributed by atoms with Crippen molar-refractivity contribution in [2.45, 2.75) is 0 Å². The van der Waals surface area contributed by atoms with Gasteiger partial charge in [0, 0.05) is 60.5 Å². The Labute approximate surface area is 336 Å². The van der Waals surface area contributed by atoms with E-state index in [0.29, 0.717) is 17.5 Å². The molecule has 0 atom stereocenters. The minimum atomic E-state index is 0.566. The van der Waals surface area contributed by atoms with E-state index < -0.39 is 0 Å². The van der Waals surface area contributed by atoms with Crippen molar-refractivity contribution in [3.8, 4) is 39.9 Å². The van der Waals surface area contributed by atoms with Crippen molar-refractivity contribution < 1.29 is 8.83 Å². The molecular formula is C53H30N4O2. The Hall–Kier alpha value is -8.09. The van der Waals surface area contributed by atoms with E-state index in [1.807, 2.05) is 60.7 Å². The van der Waals surface area contributed by atoms with Gasteiger partial charge in [-0.1, -0.05) is 121 Å². The molecule has 274 valence electrons. The minimum absolute atomic E-state index is 0.566. The van der Waals surface area contributed by atoms with Gasteiger partial charge in [-0.15, -0.1) is 0 Å². The normalized spacial score (nSPS) is 12.1. The SMILES string of the molecule is c1ccc(-c2nc(-c3ccc4c(c3)oc3cc(-n5c6ccccc6c6cc7ccccc7cc65)c5ccccc5c34)nc(-c3ccc4oc5ccccc5c4c3)n2)cc1. The van der Waals surface area contributed by atoms with E-state index in [-0.39, 0.29) is 0 Å². The smallest absolute Gasteiger partial charge is 0.164 e. The van der Waals surface area contributed by atoms with Crippen molar-refractivity contribution in [2.24, 2.45) is 0 Å². The molecule has 0 aliphatic carbocycles. The van der Waals surface area contributed by atoms with Gasteiger partial charge in [0.2, 0.25) is 0 Å². The molecule has 59 heavy (non-hydrogen) atoms. The van der Waals surface area contributed by atoms with E-state index in [4.69, 9.17) is 23.8 Å². The maximum Gasteiger partial charge on any atom is 0.164 e. The molecule has 0 N–H and O–H groups in total. The summed E-state index contributed by atoms with van der Waals surface area (Å²) in [5, 5.41) is 11.4. The largest absolute Gasteiger partial charge is 0.456 e. The molecule has 6 nitrogen and oxygen atoms in total. The Kier molecular flexibility index (Phi) is 6.63. The summed E-state index contributed by atoms with van der Waals surface area (Å²) >= 11 is 0. The van der Waals surface area contributed by atoms with E-state index >= 15 is 0 Å². The van der Waals surface area contributed by atoms with Crippen LogP contribution in [0.1, 0.15) is 0 Å². The van der Waals surface area contributed by atoms with Crippen LogP contribution < -0.4 is 0 Å². The lowest BCUT2D eigenvalue weighted by Gasteiger charge is -2.13. The first-order valence-electron chi connectivity index (χ1n) is 19.8. The van der Waals surface area contributed by atoms with Crippen LogP contribution in [0.2, 0.25) is 0 Å². The molecule has 4 heterocycles. The van der Waals surface area contributed by atoms with E-state index in [9.17, 15) is 0 Å². The van der Waals surface area contributed by atoms with Crippen LogP contribution in [0.15, 0.2) is 191 Å². The third-order valence-electron chi connectivity index (χ3n) is 11.8. The summed E-state index contributed by atoms with van der Waals surface area (Å²) in [6, 6.07) is 63.4. The van der Waals surface area contributed by atoms with E-state index in [1.165, 1.54) is 21.5 Å². The van der Waals surface area contributed by atoms with Crippen molar-refractivity contribution in [2.75, 3.05) is 0 Å². The van der Waals surface area contributed by atoms with Gasteiger partial charge >= 0.3 is 0 Å². The van der Waals surface area contributed by atoms with Gasteiger partial charge in [0.15, 0.2) is 17.5 Å². The van der Waals surface area contributed by atoms with Crippen LogP contribution in [0, 0.1) is 0 Å². The van der Waals surface area contributed by atoms with Gasteiger partial charge in [-0.25, -0.2) is 15.0 Å². The zero-order chi connectivity index (χ0) is 38.6. The highest BCUT2D eigenvalue weighted by molar-refractivity contribution is 6.22. The molecule has 6 heteroatoms. The standard InChI is InChI=1S/C53H30N4O2/c1-2-12-31(13-3-1)51-54-52(34-23-25-47-42(27-34)38-18-9-11-21-46(38)58-47)56-53(55-51)35-22-24-40-48(29-35)59-49-30-45(36-16-6-7-19-39(36)50(40)49)57-43-20-10-8-17-37(43)41-26-32-14-4-5-15-33(32)28-44(41)57/h1-30H. The van der Waals surface area contributed by atoms with Gasteiger partial charge in [0.25, 0.3) is 0 Å². The number of para-hydroxylation sites is 2. The first-order chi connectivity index (χ1) is 29.2. The maximum atomic E-state index is 6.87. The first-order valence-corrected chi connectivity index (χ1v) is 19.8. The predicted molar refractivity (Wildman–Crippen MR) is 240 cm³/mol. The highest BCUT2D eigenvalue weighted by Gasteiger charge is 2.21. The molecule has 9 aromatic carbocycles. The average molecular weight is 755 g/mol.